The lowest BCUT2D eigenvalue weighted by atomic mass is 10.1. The summed E-state index contributed by atoms with van der Waals surface area (Å²) in [6, 6.07) is 22.4. The molecule has 8 heteroatoms. The second kappa shape index (κ2) is 11.9. The highest BCUT2D eigenvalue weighted by atomic mass is 16.5. The lowest BCUT2D eigenvalue weighted by molar-refractivity contribution is -0.114. The van der Waals surface area contributed by atoms with Crippen LogP contribution in [0.25, 0.3) is 0 Å². The summed E-state index contributed by atoms with van der Waals surface area (Å²) in [6.45, 7) is 2.38. The highest BCUT2D eigenvalue weighted by molar-refractivity contribution is 5.99. The van der Waals surface area contributed by atoms with Gasteiger partial charge in [0, 0.05) is 11.3 Å². The normalized spacial score (nSPS) is 13.6. The average molecular weight is 474 g/mol. The van der Waals surface area contributed by atoms with Gasteiger partial charge < -0.3 is 31.2 Å². The number of anilines is 2. The maximum atomic E-state index is 12.7. The van der Waals surface area contributed by atoms with Crippen molar-refractivity contribution in [3.63, 3.8) is 0 Å². The molecule has 1 saturated heterocycles. The molecule has 1 aliphatic heterocycles. The van der Waals surface area contributed by atoms with Crippen molar-refractivity contribution in [1.82, 2.24) is 5.32 Å². The first kappa shape index (κ1) is 24.1. The van der Waals surface area contributed by atoms with Gasteiger partial charge in [-0.25, -0.2) is 0 Å². The Hall–Kier alpha value is -4.04. The first-order chi connectivity index (χ1) is 17.1. The first-order valence-electron chi connectivity index (χ1n) is 11.7. The van der Waals surface area contributed by atoms with Gasteiger partial charge >= 0.3 is 0 Å². The number of amides is 1. The van der Waals surface area contributed by atoms with E-state index in [4.69, 9.17) is 20.6 Å². The van der Waals surface area contributed by atoms with Crippen LogP contribution in [0.2, 0.25) is 0 Å². The summed E-state index contributed by atoms with van der Waals surface area (Å²) >= 11 is 0. The predicted octanol–water partition coefficient (Wildman–Crippen LogP) is 3.73. The van der Waals surface area contributed by atoms with Crippen molar-refractivity contribution in [1.29, 1.82) is 5.41 Å². The standard InChI is InChI=1S/C27H31N5O3/c28-27(29)20-6-11-25(34-18-19-4-2-1-3-5-19)24(16-20)32-26(33)17-31-21-7-9-22(10-8-21)35-23-12-14-30-15-13-23/h1-11,16,23,30-31H,12-15,17-18H2,(H3,28,29)(H,32,33). The van der Waals surface area contributed by atoms with Crippen LogP contribution in [0.1, 0.15) is 24.0 Å². The zero-order valence-corrected chi connectivity index (χ0v) is 19.6. The topological polar surface area (TPSA) is 121 Å². The summed E-state index contributed by atoms with van der Waals surface area (Å²) in [5, 5.41) is 17.0. The van der Waals surface area contributed by atoms with Crippen LogP contribution >= 0.6 is 0 Å². The Labute approximate surface area is 205 Å². The third-order valence-corrected chi connectivity index (χ3v) is 5.70. The first-order valence-corrected chi connectivity index (χ1v) is 11.7. The van der Waals surface area contributed by atoms with Gasteiger partial charge in [0.15, 0.2) is 0 Å². The van der Waals surface area contributed by atoms with Gasteiger partial charge in [-0.2, -0.15) is 0 Å². The number of ether oxygens (including phenoxy) is 2. The summed E-state index contributed by atoms with van der Waals surface area (Å²) in [6.07, 6.45) is 2.24. The molecule has 1 fully saturated rings. The summed E-state index contributed by atoms with van der Waals surface area (Å²) in [4.78, 5) is 12.7. The van der Waals surface area contributed by atoms with Gasteiger partial charge in [-0.3, -0.25) is 10.2 Å². The molecule has 6 N–H and O–H groups in total. The minimum absolute atomic E-state index is 0.0664. The van der Waals surface area contributed by atoms with E-state index < -0.39 is 0 Å². The summed E-state index contributed by atoms with van der Waals surface area (Å²) in [5.41, 5.74) is 8.43. The van der Waals surface area contributed by atoms with Crippen LogP contribution in [0, 0.1) is 5.41 Å². The van der Waals surface area contributed by atoms with E-state index in [1.807, 2.05) is 54.6 Å². The minimum atomic E-state index is -0.245. The molecule has 0 atom stereocenters. The molecule has 35 heavy (non-hydrogen) atoms. The van der Waals surface area contributed by atoms with Crippen LogP contribution in [0.5, 0.6) is 11.5 Å². The quantitative estimate of drug-likeness (QED) is 0.226. The fourth-order valence-electron chi connectivity index (χ4n) is 3.79. The Kier molecular flexibility index (Phi) is 8.19. The second-order valence-electron chi connectivity index (χ2n) is 8.39. The van der Waals surface area contributed by atoms with Gasteiger partial charge in [-0.15, -0.1) is 0 Å². The van der Waals surface area contributed by atoms with E-state index in [9.17, 15) is 4.79 Å². The van der Waals surface area contributed by atoms with Gasteiger partial charge in [0.2, 0.25) is 5.91 Å². The Morgan fingerprint density at radius 2 is 1.77 bits per heavy atom. The molecular weight excluding hydrogens is 442 g/mol. The number of hydrogen-bond acceptors (Lipinski definition) is 6. The molecule has 3 aromatic carbocycles. The van der Waals surface area contributed by atoms with Crippen molar-refractivity contribution in [3.05, 3.63) is 83.9 Å². The monoisotopic (exact) mass is 473 g/mol. The number of carbonyl (C=O) groups excluding carboxylic acids is 1. The van der Waals surface area contributed by atoms with Crippen molar-refractivity contribution in [3.8, 4) is 11.5 Å². The summed E-state index contributed by atoms with van der Waals surface area (Å²) < 4.78 is 12.0. The SMILES string of the molecule is N=C(N)c1ccc(OCc2ccccc2)c(NC(=O)CNc2ccc(OC3CCNCC3)cc2)c1. The molecular formula is C27H31N5O3. The summed E-state index contributed by atoms with van der Waals surface area (Å²) in [7, 11) is 0. The Morgan fingerprint density at radius 1 is 1.03 bits per heavy atom. The third-order valence-electron chi connectivity index (χ3n) is 5.70. The summed E-state index contributed by atoms with van der Waals surface area (Å²) in [5.74, 6) is 1.00. The lowest BCUT2D eigenvalue weighted by Gasteiger charge is -2.23. The number of hydrogen-bond donors (Lipinski definition) is 5. The molecule has 0 radical (unpaired) electrons. The highest BCUT2D eigenvalue weighted by Gasteiger charge is 2.14. The fourth-order valence-corrected chi connectivity index (χ4v) is 3.79. The van der Waals surface area contributed by atoms with Gasteiger partial charge in [0.05, 0.1) is 12.2 Å². The van der Waals surface area contributed by atoms with Crippen LogP contribution in [-0.4, -0.2) is 37.5 Å². The van der Waals surface area contributed by atoms with Crippen molar-refractivity contribution in [2.24, 2.45) is 5.73 Å². The molecule has 8 nitrogen and oxygen atoms in total. The van der Waals surface area contributed by atoms with Crippen molar-refractivity contribution in [2.75, 3.05) is 30.3 Å². The minimum Gasteiger partial charge on any atom is -0.490 e. The second-order valence-corrected chi connectivity index (χ2v) is 8.39. The van der Waals surface area contributed by atoms with E-state index in [1.54, 1.807) is 18.2 Å². The number of nitrogen functional groups attached to an aromatic ring is 1. The molecule has 0 spiro atoms. The molecule has 0 saturated carbocycles. The van der Waals surface area contributed by atoms with E-state index in [-0.39, 0.29) is 24.4 Å². The van der Waals surface area contributed by atoms with E-state index in [2.05, 4.69) is 16.0 Å². The van der Waals surface area contributed by atoms with E-state index in [0.717, 1.165) is 42.9 Å². The van der Waals surface area contributed by atoms with Crippen molar-refractivity contribution in [2.45, 2.75) is 25.6 Å². The Balaban J connectivity index is 1.34. The molecule has 0 bridgehead atoms. The molecule has 1 heterocycles. The Morgan fingerprint density at radius 3 is 2.49 bits per heavy atom. The maximum absolute atomic E-state index is 12.7. The van der Waals surface area contributed by atoms with Gasteiger partial charge in [0.25, 0.3) is 0 Å². The van der Waals surface area contributed by atoms with E-state index >= 15 is 0 Å². The number of amidine groups is 1. The number of nitrogens with one attached hydrogen (secondary N) is 4. The van der Waals surface area contributed by atoms with Crippen LogP contribution in [0.15, 0.2) is 72.8 Å². The molecule has 0 unspecified atom stereocenters. The van der Waals surface area contributed by atoms with Gasteiger partial charge in [-0.05, 0) is 74.0 Å². The molecule has 4 rings (SSSR count). The fraction of sp³-hybridized carbons (Fsp3) is 0.259. The zero-order valence-electron chi connectivity index (χ0n) is 19.6. The molecule has 3 aromatic rings. The largest absolute Gasteiger partial charge is 0.490 e. The van der Waals surface area contributed by atoms with Crippen molar-refractivity contribution < 1.29 is 14.3 Å². The lowest BCUT2D eigenvalue weighted by Crippen LogP contribution is -2.34. The average Bonchev–Trinajstić information content (AvgIpc) is 2.88. The van der Waals surface area contributed by atoms with E-state index in [1.165, 1.54) is 0 Å². The number of benzene rings is 3. The smallest absolute Gasteiger partial charge is 0.243 e. The van der Waals surface area contributed by atoms with E-state index in [0.29, 0.717) is 23.6 Å². The van der Waals surface area contributed by atoms with Gasteiger partial charge in [-0.1, -0.05) is 30.3 Å². The molecule has 0 aliphatic carbocycles. The molecule has 1 aliphatic rings. The predicted molar refractivity (Wildman–Crippen MR) is 138 cm³/mol. The highest BCUT2D eigenvalue weighted by Crippen LogP contribution is 2.27. The number of piperidine rings is 1. The number of carbonyl (C=O) groups is 1. The third kappa shape index (κ3) is 7.22. The Bertz CT molecular complexity index is 1130. The zero-order chi connectivity index (χ0) is 24.5. The van der Waals surface area contributed by atoms with Crippen LogP contribution in [0.4, 0.5) is 11.4 Å². The number of nitrogens with two attached hydrogens (primary N) is 1. The maximum Gasteiger partial charge on any atom is 0.243 e. The van der Waals surface area contributed by atoms with Crippen LogP contribution < -0.4 is 31.2 Å². The molecule has 1 amide bonds. The molecule has 0 aromatic heterocycles. The van der Waals surface area contributed by atoms with Crippen LogP contribution in [0.3, 0.4) is 0 Å². The van der Waals surface area contributed by atoms with Crippen molar-refractivity contribution >= 4 is 23.1 Å². The van der Waals surface area contributed by atoms with Crippen LogP contribution in [-0.2, 0) is 11.4 Å². The number of rotatable bonds is 10. The van der Waals surface area contributed by atoms with Gasteiger partial charge in [0.1, 0.15) is 30.0 Å². The molecule has 182 valence electrons.